The summed E-state index contributed by atoms with van der Waals surface area (Å²) in [6.07, 6.45) is 1.98. The van der Waals surface area contributed by atoms with Gasteiger partial charge in [0.15, 0.2) is 0 Å². The first-order chi connectivity index (χ1) is 4.74. The van der Waals surface area contributed by atoms with E-state index in [1.54, 1.807) is 11.8 Å². The molecule has 0 saturated heterocycles. The number of hydrogen-bond donors (Lipinski definition) is 3. The lowest BCUT2D eigenvalue weighted by Gasteiger charge is -2.00. The van der Waals surface area contributed by atoms with Crippen molar-refractivity contribution in [3.8, 4) is 0 Å². The van der Waals surface area contributed by atoms with Crippen LogP contribution >= 0.6 is 11.8 Å². The first-order valence-electron chi connectivity index (χ1n) is 3.11. The molecule has 0 amide bonds. The van der Waals surface area contributed by atoms with E-state index < -0.39 is 0 Å². The molecular weight excluding hydrogens is 146 g/mol. The highest BCUT2D eigenvalue weighted by atomic mass is 32.2. The van der Waals surface area contributed by atoms with Gasteiger partial charge < -0.3 is 11.5 Å². The van der Waals surface area contributed by atoms with Crippen LogP contribution in [0.15, 0.2) is 11.0 Å². The molecule has 0 radical (unpaired) electrons. The van der Waals surface area contributed by atoms with Crippen molar-refractivity contribution in [1.82, 2.24) is 0 Å². The number of amidine groups is 1. The summed E-state index contributed by atoms with van der Waals surface area (Å²) < 4.78 is 0. The minimum Gasteiger partial charge on any atom is -0.387 e. The second-order valence-corrected chi connectivity index (χ2v) is 3.36. The van der Waals surface area contributed by atoms with Gasteiger partial charge in [-0.25, -0.2) is 0 Å². The summed E-state index contributed by atoms with van der Waals surface area (Å²) in [7, 11) is 0. The second kappa shape index (κ2) is 3.07. The van der Waals surface area contributed by atoms with Gasteiger partial charge in [-0.05, 0) is 4.91 Å². The van der Waals surface area contributed by atoms with Gasteiger partial charge in [0.05, 0.1) is 5.84 Å². The molecular formula is C6H11N3S. The van der Waals surface area contributed by atoms with Gasteiger partial charge in [-0.2, -0.15) is 0 Å². The van der Waals surface area contributed by atoms with Crippen LogP contribution in [0.3, 0.4) is 0 Å². The van der Waals surface area contributed by atoms with E-state index in [1.807, 2.05) is 6.08 Å². The molecule has 1 heterocycles. The van der Waals surface area contributed by atoms with Crippen molar-refractivity contribution in [2.24, 2.45) is 17.4 Å². The van der Waals surface area contributed by atoms with Crippen LogP contribution in [0.2, 0.25) is 0 Å². The predicted molar refractivity (Wildman–Crippen MR) is 45.0 cm³/mol. The molecule has 1 unspecified atom stereocenters. The summed E-state index contributed by atoms with van der Waals surface area (Å²) in [4.78, 5) is 1.15. The average molecular weight is 157 g/mol. The van der Waals surface area contributed by atoms with E-state index in [0.29, 0.717) is 6.54 Å². The maximum atomic E-state index is 7.14. The summed E-state index contributed by atoms with van der Waals surface area (Å²) in [5, 5.41) is 7.14. The second-order valence-electron chi connectivity index (χ2n) is 2.21. The zero-order valence-corrected chi connectivity index (χ0v) is 6.45. The van der Waals surface area contributed by atoms with Crippen LogP contribution in [0, 0.1) is 11.3 Å². The van der Waals surface area contributed by atoms with Gasteiger partial charge in [-0.15, -0.1) is 11.8 Å². The number of hydrogen-bond acceptors (Lipinski definition) is 3. The third-order valence-corrected chi connectivity index (χ3v) is 2.64. The molecule has 0 fully saturated rings. The van der Waals surface area contributed by atoms with E-state index in [-0.39, 0.29) is 11.8 Å². The average Bonchev–Trinajstić information content (AvgIpc) is 2.34. The van der Waals surface area contributed by atoms with Crippen LogP contribution in [0.4, 0.5) is 0 Å². The van der Waals surface area contributed by atoms with Crippen LogP contribution in [-0.2, 0) is 0 Å². The zero-order valence-electron chi connectivity index (χ0n) is 5.63. The van der Waals surface area contributed by atoms with E-state index in [0.717, 1.165) is 10.7 Å². The molecule has 10 heavy (non-hydrogen) atoms. The van der Waals surface area contributed by atoms with E-state index >= 15 is 0 Å². The molecule has 0 aromatic carbocycles. The molecule has 4 heteroatoms. The number of rotatable bonds is 2. The molecule has 1 atom stereocenters. The molecule has 0 aliphatic carbocycles. The quantitative estimate of drug-likeness (QED) is 0.394. The Kier molecular flexibility index (Phi) is 2.34. The largest absolute Gasteiger partial charge is 0.387 e. The predicted octanol–water partition coefficient (Wildman–Crippen LogP) is 0.128. The third-order valence-electron chi connectivity index (χ3n) is 1.44. The van der Waals surface area contributed by atoms with Crippen molar-refractivity contribution in [3.63, 3.8) is 0 Å². The Bertz CT molecular complexity index is 176. The normalized spacial score (nSPS) is 24.5. The van der Waals surface area contributed by atoms with Crippen molar-refractivity contribution >= 4 is 17.6 Å². The lowest BCUT2D eigenvalue weighted by molar-refractivity contribution is 0.995. The molecule has 3 nitrogen and oxygen atoms in total. The minimum absolute atomic E-state index is 0.128. The third kappa shape index (κ3) is 1.52. The van der Waals surface area contributed by atoms with Gasteiger partial charge in [-0.3, -0.25) is 5.41 Å². The minimum atomic E-state index is 0.128. The van der Waals surface area contributed by atoms with E-state index in [2.05, 4.69) is 0 Å². The van der Waals surface area contributed by atoms with Crippen LogP contribution in [0.5, 0.6) is 0 Å². The Morgan fingerprint density at radius 2 is 2.60 bits per heavy atom. The first-order valence-corrected chi connectivity index (χ1v) is 4.10. The van der Waals surface area contributed by atoms with E-state index in [9.17, 15) is 0 Å². The highest BCUT2D eigenvalue weighted by molar-refractivity contribution is 8.03. The smallest absolute Gasteiger partial charge is 0.0984 e. The van der Waals surface area contributed by atoms with Gasteiger partial charge >= 0.3 is 0 Å². The first kappa shape index (κ1) is 7.63. The molecule has 56 valence electrons. The Balaban J connectivity index is 2.55. The Hall–Kier alpha value is -0.480. The van der Waals surface area contributed by atoms with Gasteiger partial charge in [0.2, 0.25) is 0 Å². The van der Waals surface area contributed by atoms with Crippen LogP contribution in [0.1, 0.15) is 0 Å². The van der Waals surface area contributed by atoms with Crippen molar-refractivity contribution in [1.29, 1.82) is 5.41 Å². The molecule has 0 aromatic heterocycles. The van der Waals surface area contributed by atoms with E-state index in [4.69, 9.17) is 16.9 Å². The van der Waals surface area contributed by atoms with Gasteiger partial charge in [0.1, 0.15) is 0 Å². The molecule has 0 aromatic rings. The molecule has 0 saturated carbocycles. The Morgan fingerprint density at radius 1 is 1.90 bits per heavy atom. The number of nitrogens with one attached hydrogen (secondary N) is 1. The van der Waals surface area contributed by atoms with Crippen molar-refractivity contribution in [3.05, 3.63) is 11.0 Å². The Labute approximate surface area is 64.4 Å². The van der Waals surface area contributed by atoms with Crippen molar-refractivity contribution < 1.29 is 0 Å². The summed E-state index contributed by atoms with van der Waals surface area (Å²) >= 11 is 1.69. The SMILES string of the molecule is N=C(N)C1C=C(CN)SC1. The molecule has 0 bridgehead atoms. The van der Waals surface area contributed by atoms with Gasteiger partial charge in [-0.1, -0.05) is 6.08 Å². The van der Waals surface area contributed by atoms with Gasteiger partial charge in [0, 0.05) is 18.2 Å². The maximum Gasteiger partial charge on any atom is 0.0984 e. The van der Waals surface area contributed by atoms with E-state index in [1.165, 1.54) is 0 Å². The summed E-state index contributed by atoms with van der Waals surface area (Å²) in [6.45, 7) is 0.578. The molecule has 1 rings (SSSR count). The number of nitrogens with two attached hydrogens (primary N) is 2. The standard InChI is InChI=1S/C6H11N3S/c7-2-5-1-4(3-10-5)6(8)9/h1,4H,2-3,7H2,(H3,8,9). The van der Waals surface area contributed by atoms with Crippen LogP contribution in [0.25, 0.3) is 0 Å². The fraction of sp³-hybridized carbons (Fsp3) is 0.500. The van der Waals surface area contributed by atoms with Crippen molar-refractivity contribution in [2.75, 3.05) is 12.3 Å². The highest BCUT2D eigenvalue weighted by Gasteiger charge is 2.17. The summed E-state index contributed by atoms with van der Waals surface area (Å²) in [6, 6.07) is 0. The topological polar surface area (TPSA) is 75.9 Å². The highest BCUT2D eigenvalue weighted by Crippen LogP contribution is 2.27. The monoisotopic (exact) mass is 157 g/mol. The lowest BCUT2D eigenvalue weighted by Crippen LogP contribution is -2.20. The lowest BCUT2D eigenvalue weighted by atomic mass is 10.1. The maximum absolute atomic E-state index is 7.14. The number of thioether (sulfide) groups is 1. The molecule has 1 aliphatic heterocycles. The molecule has 1 aliphatic rings. The van der Waals surface area contributed by atoms with Crippen LogP contribution < -0.4 is 11.5 Å². The molecule has 5 N–H and O–H groups in total. The van der Waals surface area contributed by atoms with Crippen LogP contribution in [-0.4, -0.2) is 18.1 Å². The van der Waals surface area contributed by atoms with Crippen molar-refractivity contribution in [2.45, 2.75) is 0 Å². The fourth-order valence-electron chi connectivity index (χ4n) is 0.824. The summed E-state index contributed by atoms with van der Waals surface area (Å²) in [5.74, 6) is 1.27. The molecule has 0 spiro atoms. The zero-order chi connectivity index (χ0) is 7.56. The summed E-state index contributed by atoms with van der Waals surface area (Å²) in [5.41, 5.74) is 10.7. The van der Waals surface area contributed by atoms with Gasteiger partial charge in [0.25, 0.3) is 0 Å². The Morgan fingerprint density at radius 3 is 2.90 bits per heavy atom. The fourth-order valence-corrected chi connectivity index (χ4v) is 1.87.